The summed E-state index contributed by atoms with van der Waals surface area (Å²) in [6.07, 6.45) is 6.66. The zero-order valence-corrected chi connectivity index (χ0v) is 9.33. The first kappa shape index (κ1) is 11.3. The van der Waals surface area contributed by atoms with Crippen molar-refractivity contribution < 1.29 is 9.53 Å². The van der Waals surface area contributed by atoms with Crippen molar-refractivity contribution in [2.45, 2.75) is 0 Å². The molecule has 2 aromatic heterocycles. The van der Waals surface area contributed by atoms with E-state index in [1.807, 2.05) is 12.1 Å². The van der Waals surface area contributed by atoms with Gasteiger partial charge in [-0.15, -0.1) is 0 Å². The lowest BCUT2D eigenvalue weighted by Crippen LogP contribution is -2.16. The molecular formula is C11H12N4O2. The highest BCUT2D eigenvalue weighted by atomic mass is 16.5. The van der Waals surface area contributed by atoms with E-state index in [9.17, 15) is 4.79 Å². The van der Waals surface area contributed by atoms with Crippen LogP contribution in [0.2, 0.25) is 0 Å². The topological polar surface area (TPSA) is 69.0 Å². The largest absolute Gasteiger partial charge is 0.375 e. The predicted octanol–water partition coefficient (Wildman–Crippen LogP) is 0.852. The summed E-state index contributed by atoms with van der Waals surface area (Å²) in [7, 11) is 1.47. The summed E-state index contributed by atoms with van der Waals surface area (Å²) >= 11 is 0. The lowest BCUT2D eigenvalue weighted by molar-refractivity contribution is -0.119. The Balaban J connectivity index is 2.09. The maximum atomic E-state index is 11.3. The molecule has 0 unspecified atom stereocenters. The summed E-state index contributed by atoms with van der Waals surface area (Å²) in [5.41, 5.74) is 1.51. The molecule has 17 heavy (non-hydrogen) atoms. The third-order valence-electron chi connectivity index (χ3n) is 2.07. The monoisotopic (exact) mass is 232 g/mol. The van der Waals surface area contributed by atoms with Crippen molar-refractivity contribution in [3.8, 4) is 5.69 Å². The number of amides is 1. The Morgan fingerprint density at radius 1 is 1.47 bits per heavy atom. The molecule has 0 aliphatic heterocycles. The third kappa shape index (κ3) is 2.88. The Labute approximate surface area is 98.2 Å². The SMILES string of the molecule is COCC(=O)Nc1cnn(-c2ccncc2)c1. The summed E-state index contributed by atoms with van der Waals surface area (Å²) < 4.78 is 6.38. The molecule has 0 aromatic carbocycles. The van der Waals surface area contributed by atoms with Crippen LogP contribution in [0.1, 0.15) is 0 Å². The highest BCUT2D eigenvalue weighted by Gasteiger charge is 2.04. The Hall–Kier alpha value is -2.21. The highest BCUT2D eigenvalue weighted by molar-refractivity contribution is 5.91. The lowest BCUT2D eigenvalue weighted by Gasteiger charge is -2.00. The van der Waals surface area contributed by atoms with E-state index in [1.165, 1.54) is 7.11 Å². The number of carbonyl (C=O) groups is 1. The first-order valence-corrected chi connectivity index (χ1v) is 5.03. The van der Waals surface area contributed by atoms with Crippen molar-refractivity contribution >= 4 is 11.6 Å². The molecule has 0 bridgehead atoms. The predicted molar refractivity (Wildman–Crippen MR) is 61.9 cm³/mol. The number of hydrogen-bond acceptors (Lipinski definition) is 4. The van der Waals surface area contributed by atoms with Crippen LogP contribution in [0.3, 0.4) is 0 Å². The fourth-order valence-corrected chi connectivity index (χ4v) is 1.35. The normalized spacial score (nSPS) is 10.2. The molecule has 0 saturated heterocycles. The number of aromatic nitrogens is 3. The highest BCUT2D eigenvalue weighted by Crippen LogP contribution is 2.10. The number of ether oxygens (including phenoxy) is 1. The second kappa shape index (κ2) is 5.22. The average Bonchev–Trinajstić information content (AvgIpc) is 2.79. The van der Waals surface area contributed by atoms with Crippen molar-refractivity contribution in [1.82, 2.24) is 14.8 Å². The Bertz CT molecular complexity index is 495. The zero-order valence-electron chi connectivity index (χ0n) is 9.33. The van der Waals surface area contributed by atoms with Gasteiger partial charge in [0.2, 0.25) is 5.91 Å². The number of pyridine rings is 1. The summed E-state index contributed by atoms with van der Waals surface area (Å²) in [6, 6.07) is 3.65. The van der Waals surface area contributed by atoms with Crippen molar-refractivity contribution in [2.75, 3.05) is 19.0 Å². The number of nitrogens with one attached hydrogen (secondary N) is 1. The molecule has 1 amide bonds. The quantitative estimate of drug-likeness (QED) is 0.848. The molecule has 2 heterocycles. The second-order valence-corrected chi connectivity index (χ2v) is 3.36. The molecule has 0 fully saturated rings. The number of anilines is 1. The van der Waals surface area contributed by atoms with Gasteiger partial charge >= 0.3 is 0 Å². The van der Waals surface area contributed by atoms with Crippen LogP contribution in [0.25, 0.3) is 5.69 Å². The van der Waals surface area contributed by atoms with Crippen LogP contribution in [0.15, 0.2) is 36.9 Å². The smallest absolute Gasteiger partial charge is 0.250 e. The van der Waals surface area contributed by atoms with E-state index in [0.717, 1.165) is 5.69 Å². The van der Waals surface area contributed by atoms with Gasteiger partial charge in [-0.1, -0.05) is 0 Å². The molecule has 0 radical (unpaired) electrons. The van der Waals surface area contributed by atoms with Crippen LogP contribution in [0.5, 0.6) is 0 Å². The minimum Gasteiger partial charge on any atom is -0.375 e. The van der Waals surface area contributed by atoms with Gasteiger partial charge in [-0.25, -0.2) is 4.68 Å². The van der Waals surface area contributed by atoms with Gasteiger partial charge < -0.3 is 10.1 Å². The molecule has 0 aliphatic carbocycles. The minimum absolute atomic E-state index is 0.0282. The third-order valence-corrected chi connectivity index (χ3v) is 2.07. The molecule has 0 atom stereocenters. The van der Waals surface area contributed by atoms with Gasteiger partial charge in [0.25, 0.3) is 0 Å². The van der Waals surface area contributed by atoms with E-state index in [1.54, 1.807) is 29.5 Å². The summed E-state index contributed by atoms with van der Waals surface area (Å²) in [6.45, 7) is 0.0282. The molecule has 0 spiro atoms. The van der Waals surface area contributed by atoms with Gasteiger partial charge in [-0.3, -0.25) is 9.78 Å². The summed E-state index contributed by atoms with van der Waals surface area (Å²) in [5, 5.41) is 6.80. The van der Waals surface area contributed by atoms with E-state index in [2.05, 4.69) is 15.4 Å². The number of hydrogen-bond donors (Lipinski definition) is 1. The van der Waals surface area contributed by atoms with Crippen LogP contribution in [0, 0.1) is 0 Å². The Morgan fingerprint density at radius 2 is 2.24 bits per heavy atom. The average molecular weight is 232 g/mol. The molecule has 2 aromatic rings. The molecule has 6 heteroatoms. The second-order valence-electron chi connectivity index (χ2n) is 3.36. The van der Waals surface area contributed by atoms with E-state index in [4.69, 9.17) is 4.74 Å². The van der Waals surface area contributed by atoms with Crippen molar-refractivity contribution in [1.29, 1.82) is 0 Å². The van der Waals surface area contributed by atoms with Crippen LogP contribution >= 0.6 is 0 Å². The van der Waals surface area contributed by atoms with Gasteiger partial charge in [-0.05, 0) is 12.1 Å². The summed E-state index contributed by atoms with van der Waals surface area (Å²) in [5.74, 6) is -0.207. The van der Waals surface area contributed by atoms with Crippen molar-refractivity contribution in [3.63, 3.8) is 0 Å². The van der Waals surface area contributed by atoms with Crippen LogP contribution in [-0.4, -0.2) is 34.4 Å². The van der Waals surface area contributed by atoms with Crippen LogP contribution in [-0.2, 0) is 9.53 Å². The number of carbonyl (C=O) groups excluding carboxylic acids is 1. The van der Waals surface area contributed by atoms with Crippen LogP contribution < -0.4 is 5.32 Å². The van der Waals surface area contributed by atoms with Gasteiger partial charge in [0.15, 0.2) is 0 Å². The number of nitrogens with zero attached hydrogens (tertiary/aromatic N) is 3. The Kier molecular flexibility index (Phi) is 3.46. The minimum atomic E-state index is -0.207. The fraction of sp³-hybridized carbons (Fsp3) is 0.182. The maximum Gasteiger partial charge on any atom is 0.250 e. The van der Waals surface area contributed by atoms with E-state index < -0.39 is 0 Å². The number of rotatable bonds is 4. The molecule has 2 rings (SSSR count). The van der Waals surface area contributed by atoms with Gasteiger partial charge in [0.05, 0.1) is 23.8 Å². The number of methoxy groups -OCH3 is 1. The zero-order chi connectivity index (χ0) is 12.1. The van der Waals surface area contributed by atoms with Crippen LogP contribution in [0.4, 0.5) is 5.69 Å². The van der Waals surface area contributed by atoms with Gasteiger partial charge in [0, 0.05) is 19.5 Å². The van der Waals surface area contributed by atoms with Gasteiger partial charge in [0.1, 0.15) is 6.61 Å². The fourth-order valence-electron chi connectivity index (χ4n) is 1.35. The molecule has 88 valence electrons. The van der Waals surface area contributed by atoms with Gasteiger partial charge in [-0.2, -0.15) is 5.10 Å². The summed E-state index contributed by atoms with van der Waals surface area (Å²) in [4.78, 5) is 15.2. The van der Waals surface area contributed by atoms with Crippen molar-refractivity contribution in [2.24, 2.45) is 0 Å². The lowest BCUT2D eigenvalue weighted by atomic mass is 10.4. The molecule has 1 N–H and O–H groups in total. The van der Waals surface area contributed by atoms with E-state index in [-0.39, 0.29) is 12.5 Å². The Morgan fingerprint density at radius 3 is 2.94 bits per heavy atom. The molecule has 0 aliphatic rings. The van der Waals surface area contributed by atoms with E-state index >= 15 is 0 Å². The first-order valence-electron chi connectivity index (χ1n) is 5.03. The molecule has 6 nitrogen and oxygen atoms in total. The first-order chi connectivity index (χ1) is 8.29. The molecule has 0 saturated carbocycles. The standard InChI is InChI=1S/C11H12N4O2/c1-17-8-11(16)14-9-6-13-15(7-9)10-2-4-12-5-3-10/h2-7H,8H2,1H3,(H,14,16). The van der Waals surface area contributed by atoms with E-state index in [0.29, 0.717) is 5.69 Å². The maximum absolute atomic E-state index is 11.3. The molecular weight excluding hydrogens is 220 g/mol. The van der Waals surface area contributed by atoms with Crippen molar-refractivity contribution in [3.05, 3.63) is 36.9 Å².